The smallest absolute Gasteiger partial charge is 0.211 e. The van der Waals surface area contributed by atoms with Crippen molar-refractivity contribution in [1.82, 2.24) is 14.9 Å². The number of benzene rings is 1. The number of ether oxygens (including phenoxy) is 1. The average molecular weight is 409 g/mol. The maximum Gasteiger partial charge on any atom is 0.211 e. The summed E-state index contributed by atoms with van der Waals surface area (Å²) in [4.78, 5) is 4.72. The molecule has 2 aliphatic rings. The summed E-state index contributed by atoms with van der Waals surface area (Å²) < 4.78 is 30.4. The van der Waals surface area contributed by atoms with Crippen molar-refractivity contribution < 1.29 is 13.2 Å². The van der Waals surface area contributed by atoms with E-state index >= 15 is 0 Å². The summed E-state index contributed by atoms with van der Waals surface area (Å²) in [7, 11) is -3.07. The van der Waals surface area contributed by atoms with Gasteiger partial charge in [0.05, 0.1) is 12.9 Å². The van der Waals surface area contributed by atoms with Crippen molar-refractivity contribution in [3.8, 4) is 5.75 Å². The molecule has 0 bridgehead atoms. The molecule has 7 nitrogen and oxygen atoms in total. The van der Waals surface area contributed by atoms with Crippen molar-refractivity contribution in [2.24, 2.45) is 10.9 Å². The third-order valence-electron chi connectivity index (χ3n) is 5.35. The summed E-state index contributed by atoms with van der Waals surface area (Å²) in [6, 6.07) is 6.44. The van der Waals surface area contributed by atoms with Crippen LogP contribution in [-0.4, -0.2) is 64.3 Å². The van der Waals surface area contributed by atoms with E-state index in [2.05, 4.69) is 35.8 Å². The minimum Gasteiger partial charge on any atom is -0.493 e. The first-order chi connectivity index (χ1) is 13.5. The fourth-order valence-electron chi connectivity index (χ4n) is 3.71. The van der Waals surface area contributed by atoms with Crippen LogP contribution in [0.2, 0.25) is 0 Å². The number of piperidine rings is 1. The first-order valence-corrected chi connectivity index (χ1v) is 12.0. The van der Waals surface area contributed by atoms with Crippen LogP contribution >= 0.6 is 0 Å². The van der Waals surface area contributed by atoms with Gasteiger partial charge in [0.25, 0.3) is 0 Å². The Balaban J connectivity index is 1.45. The summed E-state index contributed by atoms with van der Waals surface area (Å²) in [6.45, 7) is 6.41. The van der Waals surface area contributed by atoms with E-state index in [0.717, 1.165) is 63.6 Å². The van der Waals surface area contributed by atoms with Gasteiger partial charge in [-0.15, -0.1) is 0 Å². The Kier molecular flexibility index (Phi) is 7.18. The predicted molar refractivity (Wildman–Crippen MR) is 112 cm³/mol. The molecule has 2 heterocycles. The van der Waals surface area contributed by atoms with E-state index in [4.69, 9.17) is 9.73 Å². The Morgan fingerprint density at radius 2 is 2.07 bits per heavy atom. The minimum absolute atomic E-state index is 0.435. The Morgan fingerprint density at radius 3 is 2.79 bits per heavy atom. The van der Waals surface area contributed by atoms with Crippen molar-refractivity contribution in [2.45, 2.75) is 32.6 Å². The lowest BCUT2D eigenvalue weighted by Gasteiger charge is -2.29. The molecule has 28 heavy (non-hydrogen) atoms. The van der Waals surface area contributed by atoms with Crippen molar-refractivity contribution in [3.05, 3.63) is 29.3 Å². The summed E-state index contributed by atoms with van der Waals surface area (Å²) in [5.74, 6) is 2.29. The van der Waals surface area contributed by atoms with Gasteiger partial charge in [0.15, 0.2) is 5.96 Å². The van der Waals surface area contributed by atoms with Crippen LogP contribution in [0.25, 0.3) is 0 Å². The number of hydrogen-bond acceptors (Lipinski definition) is 4. The summed E-state index contributed by atoms with van der Waals surface area (Å²) in [5, 5.41) is 6.71. The van der Waals surface area contributed by atoms with E-state index in [1.54, 1.807) is 4.31 Å². The number of nitrogens with zero attached hydrogens (tertiary/aromatic N) is 2. The topological polar surface area (TPSA) is 83.0 Å². The fourth-order valence-corrected chi connectivity index (χ4v) is 4.58. The van der Waals surface area contributed by atoms with Crippen LogP contribution in [0, 0.1) is 5.92 Å². The van der Waals surface area contributed by atoms with E-state index in [1.807, 2.05) is 0 Å². The third kappa shape index (κ3) is 5.85. The van der Waals surface area contributed by atoms with Crippen LogP contribution in [0.15, 0.2) is 23.2 Å². The molecule has 0 aliphatic carbocycles. The molecule has 156 valence electrons. The fraction of sp³-hybridized carbons (Fsp3) is 0.650. The van der Waals surface area contributed by atoms with Gasteiger partial charge in [-0.25, -0.2) is 12.7 Å². The molecular weight excluding hydrogens is 376 g/mol. The number of sulfonamides is 1. The lowest BCUT2D eigenvalue weighted by Crippen LogP contribution is -2.40. The highest BCUT2D eigenvalue weighted by Gasteiger charge is 2.24. The van der Waals surface area contributed by atoms with Crippen LogP contribution in [0.4, 0.5) is 0 Å². The minimum atomic E-state index is -3.07. The molecule has 3 rings (SSSR count). The van der Waals surface area contributed by atoms with E-state index < -0.39 is 10.0 Å². The van der Waals surface area contributed by atoms with E-state index in [-0.39, 0.29) is 0 Å². The zero-order valence-corrected chi connectivity index (χ0v) is 17.7. The maximum atomic E-state index is 11.6. The lowest BCUT2D eigenvalue weighted by atomic mass is 9.98. The molecule has 1 saturated heterocycles. The number of nitrogens with one attached hydrogen (secondary N) is 2. The van der Waals surface area contributed by atoms with Gasteiger partial charge in [0.1, 0.15) is 5.75 Å². The molecule has 8 heteroatoms. The van der Waals surface area contributed by atoms with Gasteiger partial charge in [0, 0.05) is 39.1 Å². The standard InChI is InChI=1S/C20H32N4O3S/c1-3-21-20(23-15-17-7-11-24(12-8-17)28(2,25)26)22-10-6-16-4-5-19-18(14-16)9-13-27-19/h4-5,14,17H,3,6-13,15H2,1-2H3,(H2,21,22,23). The van der Waals surface area contributed by atoms with Crippen molar-refractivity contribution in [2.75, 3.05) is 45.6 Å². The van der Waals surface area contributed by atoms with Crippen molar-refractivity contribution in [1.29, 1.82) is 0 Å². The van der Waals surface area contributed by atoms with Crippen LogP contribution < -0.4 is 15.4 Å². The average Bonchev–Trinajstić information content (AvgIpc) is 3.13. The predicted octanol–water partition coefficient (Wildman–Crippen LogP) is 1.39. The van der Waals surface area contributed by atoms with Gasteiger partial charge in [-0.1, -0.05) is 12.1 Å². The highest BCUT2D eigenvalue weighted by molar-refractivity contribution is 7.88. The van der Waals surface area contributed by atoms with Gasteiger partial charge in [-0.05, 0) is 49.3 Å². The quantitative estimate of drug-likeness (QED) is 0.526. The van der Waals surface area contributed by atoms with E-state index in [1.165, 1.54) is 17.4 Å². The molecule has 2 N–H and O–H groups in total. The van der Waals surface area contributed by atoms with Crippen LogP contribution in [0.3, 0.4) is 0 Å². The Labute approximate surface area is 168 Å². The normalized spacial score (nSPS) is 18.6. The Morgan fingerprint density at radius 1 is 1.29 bits per heavy atom. The molecule has 0 radical (unpaired) electrons. The molecule has 1 fully saturated rings. The van der Waals surface area contributed by atoms with Gasteiger partial charge >= 0.3 is 0 Å². The number of aliphatic imine (C=N–C) groups is 1. The number of rotatable bonds is 7. The second-order valence-electron chi connectivity index (χ2n) is 7.54. The first kappa shape index (κ1) is 20.9. The molecule has 1 aromatic carbocycles. The summed E-state index contributed by atoms with van der Waals surface area (Å²) in [6.07, 6.45) is 4.95. The molecule has 0 saturated carbocycles. The monoisotopic (exact) mass is 408 g/mol. The van der Waals surface area contributed by atoms with Crippen LogP contribution in [-0.2, 0) is 22.9 Å². The molecule has 2 aliphatic heterocycles. The first-order valence-electron chi connectivity index (χ1n) is 10.2. The molecule has 0 atom stereocenters. The molecule has 0 amide bonds. The SMILES string of the molecule is CCNC(=NCC1CCN(S(C)(=O)=O)CC1)NCCc1ccc2c(c1)CCO2. The van der Waals surface area contributed by atoms with Gasteiger partial charge < -0.3 is 15.4 Å². The highest BCUT2D eigenvalue weighted by Crippen LogP contribution is 2.25. The number of hydrogen-bond donors (Lipinski definition) is 2. The lowest BCUT2D eigenvalue weighted by molar-refractivity contribution is 0.280. The zero-order chi connectivity index (χ0) is 20.0. The molecular formula is C20H32N4O3S. The van der Waals surface area contributed by atoms with Gasteiger partial charge in [-0.2, -0.15) is 0 Å². The van der Waals surface area contributed by atoms with Crippen molar-refractivity contribution >= 4 is 16.0 Å². The molecule has 0 unspecified atom stereocenters. The maximum absolute atomic E-state index is 11.6. The number of fused-ring (bicyclic) bond motifs is 1. The summed E-state index contributed by atoms with van der Waals surface area (Å²) in [5.41, 5.74) is 2.61. The third-order valence-corrected chi connectivity index (χ3v) is 6.66. The number of guanidine groups is 1. The van der Waals surface area contributed by atoms with E-state index in [9.17, 15) is 8.42 Å². The Bertz CT molecular complexity index is 787. The summed E-state index contributed by atoms with van der Waals surface area (Å²) >= 11 is 0. The largest absolute Gasteiger partial charge is 0.493 e. The van der Waals surface area contributed by atoms with Gasteiger partial charge in [0.2, 0.25) is 10.0 Å². The van der Waals surface area contributed by atoms with Crippen molar-refractivity contribution in [3.63, 3.8) is 0 Å². The van der Waals surface area contributed by atoms with Crippen LogP contribution in [0.5, 0.6) is 5.75 Å². The zero-order valence-electron chi connectivity index (χ0n) is 16.9. The molecule has 0 spiro atoms. The van der Waals surface area contributed by atoms with Crippen LogP contribution in [0.1, 0.15) is 30.9 Å². The molecule has 0 aromatic heterocycles. The molecule has 1 aromatic rings. The van der Waals surface area contributed by atoms with Gasteiger partial charge in [-0.3, -0.25) is 4.99 Å². The Hall–Kier alpha value is -1.80. The second kappa shape index (κ2) is 9.60. The van der Waals surface area contributed by atoms with E-state index in [0.29, 0.717) is 19.0 Å². The second-order valence-corrected chi connectivity index (χ2v) is 9.52. The highest BCUT2D eigenvalue weighted by atomic mass is 32.2.